The predicted octanol–water partition coefficient (Wildman–Crippen LogP) is 5.54. The number of pyridine rings is 1. The second-order valence-electron chi connectivity index (χ2n) is 7.46. The van der Waals surface area contributed by atoms with Crippen molar-refractivity contribution < 1.29 is 5.11 Å². The number of aromatic hydroxyl groups is 1. The molecule has 0 atom stereocenters. The van der Waals surface area contributed by atoms with Gasteiger partial charge in [-0.15, -0.1) is 0 Å². The number of hydrogen-bond acceptors (Lipinski definition) is 2. The van der Waals surface area contributed by atoms with E-state index in [2.05, 4.69) is 56.1 Å². The van der Waals surface area contributed by atoms with Crippen LogP contribution in [0.25, 0.3) is 11.1 Å². The van der Waals surface area contributed by atoms with Crippen LogP contribution in [0.15, 0.2) is 66.9 Å². The van der Waals surface area contributed by atoms with Gasteiger partial charge >= 0.3 is 0 Å². The number of benzene rings is 2. The maximum absolute atomic E-state index is 10.5. The molecule has 0 aliphatic heterocycles. The molecule has 1 aromatic heterocycles. The number of aromatic nitrogens is 1. The average molecular weight is 331 g/mol. The zero-order chi connectivity index (χ0) is 17.9. The minimum atomic E-state index is 0.0470. The Morgan fingerprint density at radius 1 is 0.840 bits per heavy atom. The van der Waals surface area contributed by atoms with Crippen LogP contribution in [0.2, 0.25) is 0 Å². The Balaban J connectivity index is 1.96. The van der Waals surface area contributed by atoms with Gasteiger partial charge < -0.3 is 5.11 Å². The van der Waals surface area contributed by atoms with E-state index in [1.807, 2.05) is 36.5 Å². The first-order valence-corrected chi connectivity index (χ1v) is 8.77. The van der Waals surface area contributed by atoms with Gasteiger partial charge in [0.15, 0.2) is 0 Å². The Bertz CT molecular complexity index is 847. The standard InChI is InChI=1S/C23H25NO/c1-23(2,3)18-12-14-22(25)21(16-18)20-10-5-4-8-17(20)11-13-19-9-6-7-15-24-19/h4-10,12,14-16,25H,11,13H2,1-3H3. The molecule has 3 rings (SSSR count). The molecule has 0 bridgehead atoms. The van der Waals surface area contributed by atoms with Crippen LogP contribution in [0, 0.1) is 0 Å². The van der Waals surface area contributed by atoms with Gasteiger partial charge in [-0.1, -0.05) is 57.2 Å². The fraction of sp³-hybridized carbons (Fsp3) is 0.261. The van der Waals surface area contributed by atoms with Crippen LogP contribution in [-0.4, -0.2) is 10.1 Å². The molecule has 2 heteroatoms. The van der Waals surface area contributed by atoms with Crippen LogP contribution in [0.5, 0.6) is 5.75 Å². The van der Waals surface area contributed by atoms with Crippen molar-refractivity contribution in [2.24, 2.45) is 0 Å². The number of phenolic OH excluding ortho intramolecular Hbond substituents is 1. The second kappa shape index (κ2) is 7.10. The van der Waals surface area contributed by atoms with Gasteiger partial charge in [0.05, 0.1) is 0 Å². The maximum atomic E-state index is 10.5. The number of hydrogen-bond donors (Lipinski definition) is 1. The number of aryl methyl sites for hydroxylation is 2. The summed E-state index contributed by atoms with van der Waals surface area (Å²) < 4.78 is 0. The fourth-order valence-corrected chi connectivity index (χ4v) is 3.03. The lowest BCUT2D eigenvalue weighted by molar-refractivity contribution is 0.476. The van der Waals surface area contributed by atoms with E-state index >= 15 is 0 Å². The molecule has 0 amide bonds. The van der Waals surface area contributed by atoms with Crippen molar-refractivity contribution in [3.8, 4) is 16.9 Å². The Morgan fingerprint density at radius 3 is 2.32 bits per heavy atom. The van der Waals surface area contributed by atoms with E-state index < -0.39 is 0 Å². The SMILES string of the molecule is CC(C)(C)c1ccc(O)c(-c2ccccc2CCc2ccccn2)c1. The summed E-state index contributed by atoms with van der Waals surface area (Å²) in [5.41, 5.74) is 5.59. The molecule has 0 saturated heterocycles. The van der Waals surface area contributed by atoms with E-state index in [0.29, 0.717) is 5.75 Å². The molecule has 0 aliphatic carbocycles. The molecular weight excluding hydrogens is 306 g/mol. The van der Waals surface area contributed by atoms with Gasteiger partial charge in [-0.3, -0.25) is 4.98 Å². The summed E-state index contributed by atoms with van der Waals surface area (Å²) >= 11 is 0. The van der Waals surface area contributed by atoms with Crippen molar-refractivity contribution >= 4 is 0 Å². The first-order chi connectivity index (χ1) is 11.9. The lowest BCUT2D eigenvalue weighted by Crippen LogP contribution is -2.11. The molecule has 2 aromatic carbocycles. The molecule has 25 heavy (non-hydrogen) atoms. The lowest BCUT2D eigenvalue weighted by atomic mass is 9.84. The highest BCUT2D eigenvalue weighted by Gasteiger charge is 2.17. The first-order valence-electron chi connectivity index (χ1n) is 8.77. The Morgan fingerprint density at radius 2 is 1.60 bits per heavy atom. The van der Waals surface area contributed by atoms with E-state index in [0.717, 1.165) is 29.7 Å². The van der Waals surface area contributed by atoms with Crippen molar-refractivity contribution in [3.63, 3.8) is 0 Å². The monoisotopic (exact) mass is 331 g/mol. The lowest BCUT2D eigenvalue weighted by Gasteiger charge is -2.21. The molecule has 0 radical (unpaired) electrons. The summed E-state index contributed by atoms with van der Waals surface area (Å²) in [6, 6.07) is 20.3. The smallest absolute Gasteiger partial charge is 0.123 e. The molecule has 2 nitrogen and oxygen atoms in total. The van der Waals surface area contributed by atoms with Crippen molar-refractivity contribution in [1.82, 2.24) is 4.98 Å². The number of phenols is 1. The zero-order valence-corrected chi connectivity index (χ0v) is 15.2. The van der Waals surface area contributed by atoms with Crippen LogP contribution in [-0.2, 0) is 18.3 Å². The Labute approximate surface area is 150 Å². The van der Waals surface area contributed by atoms with Gasteiger partial charge in [0.1, 0.15) is 5.75 Å². The van der Waals surface area contributed by atoms with E-state index in [1.165, 1.54) is 11.1 Å². The van der Waals surface area contributed by atoms with Crippen molar-refractivity contribution in [2.45, 2.75) is 39.0 Å². The van der Waals surface area contributed by atoms with Gasteiger partial charge in [-0.05, 0) is 59.2 Å². The predicted molar refractivity (Wildman–Crippen MR) is 104 cm³/mol. The maximum Gasteiger partial charge on any atom is 0.123 e. The molecule has 0 spiro atoms. The quantitative estimate of drug-likeness (QED) is 0.681. The second-order valence-corrected chi connectivity index (χ2v) is 7.46. The zero-order valence-electron chi connectivity index (χ0n) is 15.2. The highest BCUT2D eigenvalue weighted by atomic mass is 16.3. The highest BCUT2D eigenvalue weighted by molar-refractivity contribution is 5.74. The third-order valence-corrected chi connectivity index (χ3v) is 4.55. The van der Waals surface area contributed by atoms with Crippen molar-refractivity contribution in [1.29, 1.82) is 0 Å². The first kappa shape index (κ1) is 17.2. The van der Waals surface area contributed by atoms with E-state index in [1.54, 1.807) is 0 Å². The third-order valence-electron chi connectivity index (χ3n) is 4.55. The summed E-state index contributed by atoms with van der Waals surface area (Å²) in [6.45, 7) is 6.57. The summed E-state index contributed by atoms with van der Waals surface area (Å²) in [7, 11) is 0. The minimum Gasteiger partial charge on any atom is -0.507 e. The molecule has 1 heterocycles. The summed E-state index contributed by atoms with van der Waals surface area (Å²) in [4.78, 5) is 4.41. The number of rotatable bonds is 4. The molecule has 0 unspecified atom stereocenters. The van der Waals surface area contributed by atoms with Gasteiger partial charge in [-0.2, -0.15) is 0 Å². The van der Waals surface area contributed by atoms with Crippen molar-refractivity contribution in [2.75, 3.05) is 0 Å². The van der Waals surface area contributed by atoms with Gasteiger partial charge in [0.2, 0.25) is 0 Å². The molecule has 0 aliphatic rings. The van der Waals surface area contributed by atoms with Crippen LogP contribution in [0.4, 0.5) is 0 Å². The summed E-state index contributed by atoms with van der Waals surface area (Å²) in [6.07, 6.45) is 3.61. The Kier molecular flexibility index (Phi) is 4.89. The van der Waals surface area contributed by atoms with E-state index in [9.17, 15) is 5.11 Å². The molecule has 1 N–H and O–H groups in total. The molecule has 0 fully saturated rings. The normalized spacial score (nSPS) is 11.5. The highest BCUT2D eigenvalue weighted by Crippen LogP contribution is 2.36. The van der Waals surface area contributed by atoms with Crippen molar-refractivity contribution in [3.05, 3.63) is 83.7 Å². The van der Waals surface area contributed by atoms with Gasteiger partial charge in [-0.25, -0.2) is 0 Å². The molecule has 0 saturated carbocycles. The number of nitrogens with zero attached hydrogens (tertiary/aromatic N) is 1. The van der Waals surface area contributed by atoms with E-state index in [4.69, 9.17) is 0 Å². The van der Waals surface area contributed by atoms with Crippen LogP contribution < -0.4 is 0 Å². The molecule has 3 aromatic rings. The van der Waals surface area contributed by atoms with Crippen LogP contribution >= 0.6 is 0 Å². The van der Waals surface area contributed by atoms with Gasteiger partial charge in [0.25, 0.3) is 0 Å². The fourth-order valence-electron chi connectivity index (χ4n) is 3.03. The molecular formula is C23H25NO. The average Bonchev–Trinajstić information content (AvgIpc) is 2.61. The molecule has 128 valence electrons. The van der Waals surface area contributed by atoms with Crippen LogP contribution in [0.3, 0.4) is 0 Å². The minimum absolute atomic E-state index is 0.0470. The summed E-state index contributed by atoms with van der Waals surface area (Å²) in [5.74, 6) is 0.332. The van der Waals surface area contributed by atoms with E-state index in [-0.39, 0.29) is 5.41 Å². The van der Waals surface area contributed by atoms with Crippen LogP contribution in [0.1, 0.15) is 37.6 Å². The topological polar surface area (TPSA) is 33.1 Å². The largest absolute Gasteiger partial charge is 0.507 e. The summed E-state index contributed by atoms with van der Waals surface area (Å²) in [5, 5.41) is 10.5. The third kappa shape index (κ3) is 4.08. The van der Waals surface area contributed by atoms with Gasteiger partial charge in [0, 0.05) is 17.5 Å². The Hall–Kier alpha value is -2.61.